The summed E-state index contributed by atoms with van der Waals surface area (Å²) in [5, 5.41) is 2.71. The van der Waals surface area contributed by atoms with Crippen LogP contribution in [0.4, 0.5) is 10.5 Å². The fraction of sp³-hybridized carbons (Fsp3) is 0.526. The van der Waals surface area contributed by atoms with Gasteiger partial charge in [-0.1, -0.05) is 0 Å². The number of likely N-dealkylation sites (N-methyl/N-ethyl adjacent to an activating group) is 1. The number of carbonyl (C=O) groups is 3. The summed E-state index contributed by atoms with van der Waals surface area (Å²) in [5.74, 6) is -0.378. The molecule has 0 unspecified atom stereocenters. The zero-order chi connectivity index (χ0) is 21.1. The minimum Gasteiger partial charge on any atom is -0.323 e. The number of hydrogen-bond acceptors (Lipinski definition) is 5. The molecule has 1 aromatic carbocycles. The maximum Gasteiger partial charge on any atom is 0.324 e. The van der Waals surface area contributed by atoms with Crippen molar-refractivity contribution < 1.29 is 22.8 Å². The van der Waals surface area contributed by atoms with Crippen LogP contribution in [0.3, 0.4) is 0 Å². The van der Waals surface area contributed by atoms with Crippen molar-refractivity contribution in [2.24, 2.45) is 0 Å². The van der Waals surface area contributed by atoms with Gasteiger partial charge in [0.05, 0.1) is 4.90 Å². The number of rotatable bonds is 2. The van der Waals surface area contributed by atoms with Crippen molar-refractivity contribution in [3.05, 3.63) is 23.8 Å². The molecule has 1 atom stereocenters. The van der Waals surface area contributed by atoms with Crippen LogP contribution in [0.25, 0.3) is 0 Å². The molecule has 2 saturated heterocycles. The summed E-state index contributed by atoms with van der Waals surface area (Å²) in [4.78, 5) is 39.0. The second-order valence-corrected chi connectivity index (χ2v) is 9.95. The topological polar surface area (TPSA) is 107 Å². The van der Waals surface area contributed by atoms with Crippen LogP contribution >= 0.6 is 0 Å². The van der Waals surface area contributed by atoms with Gasteiger partial charge in [-0.05, 0) is 49.9 Å². The summed E-state index contributed by atoms with van der Waals surface area (Å²) in [7, 11) is -2.32. The Bertz CT molecular complexity index is 1010. The number of hydrogen-bond donors (Lipinski definition) is 1. The number of benzene rings is 1. The van der Waals surface area contributed by atoms with Gasteiger partial charge in [-0.2, -0.15) is 4.31 Å². The third-order valence-corrected chi connectivity index (χ3v) is 8.08. The summed E-state index contributed by atoms with van der Waals surface area (Å²) < 4.78 is 27.7. The van der Waals surface area contributed by atoms with E-state index in [2.05, 4.69) is 5.32 Å². The van der Waals surface area contributed by atoms with Crippen molar-refractivity contribution in [2.45, 2.75) is 49.6 Å². The van der Waals surface area contributed by atoms with Crippen LogP contribution in [0.1, 0.15) is 32.3 Å². The fourth-order valence-electron chi connectivity index (χ4n) is 4.60. The first-order valence-electron chi connectivity index (χ1n) is 9.60. The van der Waals surface area contributed by atoms with Crippen molar-refractivity contribution in [1.29, 1.82) is 0 Å². The number of fused-ring (bicyclic) bond motifs is 1. The molecule has 0 saturated carbocycles. The highest BCUT2D eigenvalue weighted by atomic mass is 32.2. The van der Waals surface area contributed by atoms with Gasteiger partial charge in [-0.15, -0.1) is 0 Å². The lowest BCUT2D eigenvalue weighted by Gasteiger charge is -2.36. The zero-order valence-corrected chi connectivity index (χ0v) is 17.5. The molecule has 3 aliphatic heterocycles. The summed E-state index contributed by atoms with van der Waals surface area (Å²) in [5.41, 5.74) is 0.582. The van der Waals surface area contributed by atoms with Gasteiger partial charge in [0, 0.05) is 38.8 Å². The number of anilines is 1. The van der Waals surface area contributed by atoms with Gasteiger partial charge in [-0.25, -0.2) is 13.2 Å². The van der Waals surface area contributed by atoms with Crippen LogP contribution in [-0.2, 0) is 26.0 Å². The number of imide groups is 1. The first kappa shape index (κ1) is 19.8. The van der Waals surface area contributed by atoms with Gasteiger partial charge < -0.3 is 10.2 Å². The first-order chi connectivity index (χ1) is 13.6. The normalized spacial score (nSPS) is 24.2. The molecule has 156 valence electrons. The zero-order valence-electron chi connectivity index (χ0n) is 16.6. The number of carbonyl (C=O) groups excluding carboxylic acids is 3. The van der Waals surface area contributed by atoms with Gasteiger partial charge >= 0.3 is 6.03 Å². The van der Waals surface area contributed by atoms with E-state index in [4.69, 9.17) is 0 Å². The molecule has 10 heteroatoms. The summed E-state index contributed by atoms with van der Waals surface area (Å²) in [6, 6.07) is 4.40. The summed E-state index contributed by atoms with van der Waals surface area (Å²) in [6.07, 6.45) is 1.08. The molecular weight excluding hydrogens is 396 g/mol. The average molecular weight is 420 g/mol. The van der Waals surface area contributed by atoms with Gasteiger partial charge in [0.15, 0.2) is 0 Å². The van der Waals surface area contributed by atoms with E-state index in [9.17, 15) is 22.8 Å². The first-order valence-corrected chi connectivity index (χ1v) is 11.0. The van der Waals surface area contributed by atoms with E-state index in [0.29, 0.717) is 6.42 Å². The standard InChI is InChI=1S/C19H24N4O5S/c1-12-10-14-11-15(4-5-16(14)23(12)13(2)24)29(27,28)22-8-6-19(7-9-22)17(25)21(3)18(26)20-19/h4-5,11-12H,6-10H2,1-3H3,(H,20,26)/t12-/m0/s1. The monoisotopic (exact) mass is 420 g/mol. The van der Waals surface area contributed by atoms with Gasteiger partial charge in [0.25, 0.3) is 5.91 Å². The van der Waals surface area contributed by atoms with E-state index in [-0.39, 0.29) is 48.7 Å². The maximum absolute atomic E-state index is 13.2. The molecule has 0 bridgehead atoms. The van der Waals surface area contributed by atoms with E-state index >= 15 is 0 Å². The van der Waals surface area contributed by atoms with Crippen LogP contribution in [0.5, 0.6) is 0 Å². The number of nitrogens with one attached hydrogen (secondary N) is 1. The molecule has 4 amide bonds. The lowest BCUT2D eigenvalue weighted by Crippen LogP contribution is -2.55. The molecule has 0 radical (unpaired) electrons. The molecule has 2 fully saturated rings. The molecule has 4 rings (SSSR count). The van der Waals surface area contributed by atoms with E-state index < -0.39 is 21.6 Å². The van der Waals surface area contributed by atoms with Crippen molar-refractivity contribution >= 4 is 33.6 Å². The second kappa shape index (κ2) is 6.53. The Labute approximate surface area is 169 Å². The Balaban J connectivity index is 1.55. The SMILES string of the molecule is CC(=O)N1c2ccc(S(=O)(=O)N3CCC4(CC3)NC(=O)N(C)C4=O)cc2C[C@@H]1C. The smallest absolute Gasteiger partial charge is 0.323 e. The van der Waals surface area contributed by atoms with Crippen LogP contribution in [0, 0.1) is 0 Å². The molecule has 0 aromatic heterocycles. The Kier molecular flexibility index (Phi) is 4.47. The summed E-state index contributed by atoms with van der Waals surface area (Å²) in [6.45, 7) is 3.73. The molecule has 9 nitrogen and oxygen atoms in total. The predicted octanol–water partition coefficient (Wildman–Crippen LogP) is 0.689. The molecule has 0 aliphatic carbocycles. The van der Waals surface area contributed by atoms with E-state index in [0.717, 1.165) is 16.2 Å². The second-order valence-electron chi connectivity index (χ2n) is 8.01. The molecule has 3 aliphatic rings. The molecule has 1 aromatic rings. The van der Waals surface area contributed by atoms with Crippen molar-refractivity contribution in [3.63, 3.8) is 0 Å². The third kappa shape index (κ3) is 2.93. The Morgan fingerprint density at radius 1 is 1.21 bits per heavy atom. The quantitative estimate of drug-likeness (QED) is 0.709. The molecular formula is C19H24N4O5S. The van der Waals surface area contributed by atoms with E-state index in [1.165, 1.54) is 24.3 Å². The molecule has 1 N–H and O–H groups in total. The van der Waals surface area contributed by atoms with Gasteiger partial charge in [0.1, 0.15) is 5.54 Å². The highest BCUT2D eigenvalue weighted by Gasteiger charge is 2.52. The number of amides is 4. The van der Waals surface area contributed by atoms with E-state index in [1.54, 1.807) is 17.0 Å². The van der Waals surface area contributed by atoms with Crippen LogP contribution in [0.2, 0.25) is 0 Å². The van der Waals surface area contributed by atoms with Gasteiger partial charge in [0.2, 0.25) is 15.9 Å². The number of sulfonamides is 1. The minimum atomic E-state index is -3.74. The third-order valence-electron chi connectivity index (χ3n) is 6.18. The number of piperidine rings is 1. The summed E-state index contributed by atoms with van der Waals surface area (Å²) >= 11 is 0. The lowest BCUT2D eigenvalue weighted by atomic mass is 9.88. The fourth-order valence-corrected chi connectivity index (χ4v) is 6.09. The van der Waals surface area contributed by atoms with Crippen LogP contribution in [0.15, 0.2) is 23.1 Å². The average Bonchev–Trinajstić information content (AvgIpc) is 3.10. The largest absolute Gasteiger partial charge is 0.324 e. The maximum atomic E-state index is 13.2. The number of nitrogens with zero attached hydrogens (tertiary/aromatic N) is 3. The predicted molar refractivity (Wildman–Crippen MR) is 105 cm³/mol. The minimum absolute atomic E-state index is 0.00993. The highest BCUT2D eigenvalue weighted by Crippen LogP contribution is 2.36. The molecule has 3 heterocycles. The van der Waals surface area contributed by atoms with Crippen LogP contribution < -0.4 is 10.2 Å². The van der Waals surface area contributed by atoms with Crippen molar-refractivity contribution in [2.75, 3.05) is 25.0 Å². The Morgan fingerprint density at radius 2 is 1.86 bits per heavy atom. The van der Waals surface area contributed by atoms with Crippen LogP contribution in [-0.4, -0.2) is 67.2 Å². The highest BCUT2D eigenvalue weighted by molar-refractivity contribution is 7.89. The lowest BCUT2D eigenvalue weighted by molar-refractivity contribution is -0.131. The molecule has 1 spiro atoms. The van der Waals surface area contributed by atoms with E-state index in [1.807, 2.05) is 6.92 Å². The molecule has 29 heavy (non-hydrogen) atoms. The van der Waals surface area contributed by atoms with Gasteiger partial charge in [-0.3, -0.25) is 14.5 Å². The Morgan fingerprint density at radius 3 is 2.41 bits per heavy atom. The Hall–Kier alpha value is -2.46. The van der Waals surface area contributed by atoms with Crippen molar-refractivity contribution in [1.82, 2.24) is 14.5 Å². The number of urea groups is 1. The van der Waals surface area contributed by atoms with Crippen molar-refractivity contribution in [3.8, 4) is 0 Å².